The molecular weight excluding hydrogens is 394 g/mol. The molecule has 0 saturated heterocycles. The first-order valence-electron chi connectivity index (χ1n) is 9.33. The highest BCUT2D eigenvalue weighted by Gasteiger charge is 2.49. The zero-order valence-corrected chi connectivity index (χ0v) is 17.5. The van der Waals surface area contributed by atoms with E-state index in [2.05, 4.69) is 5.32 Å². The van der Waals surface area contributed by atoms with Gasteiger partial charge in [0, 0.05) is 11.8 Å². The third-order valence-electron chi connectivity index (χ3n) is 4.69. The summed E-state index contributed by atoms with van der Waals surface area (Å²) in [5, 5.41) is 4.08. The summed E-state index contributed by atoms with van der Waals surface area (Å²) >= 11 is 1.35. The average Bonchev–Trinajstić information content (AvgIpc) is 3.21. The van der Waals surface area contributed by atoms with Crippen molar-refractivity contribution in [3.8, 4) is 11.5 Å². The van der Waals surface area contributed by atoms with E-state index in [0.29, 0.717) is 29.4 Å². The number of hydrogen-bond acceptors (Lipinski definition) is 6. The van der Waals surface area contributed by atoms with Gasteiger partial charge in [-0.15, -0.1) is 11.8 Å². The summed E-state index contributed by atoms with van der Waals surface area (Å²) in [7, 11) is 3.04. The largest absolute Gasteiger partial charge is 0.501 e. The normalized spacial score (nSPS) is 18.2. The van der Waals surface area contributed by atoms with Crippen LogP contribution in [0.25, 0.3) is 0 Å². The Morgan fingerprint density at radius 3 is 2.69 bits per heavy atom. The first-order chi connectivity index (χ1) is 14.0. The zero-order valence-electron chi connectivity index (χ0n) is 16.6. The van der Waals surface area contributed by atoms with Gasteiger partial charge in [-0.25, -0.2) is 4.79 Å². The lowest BCUT2D eigenvalue weighted by atomic mass is 10.1. The third-order valence-corrected chi connectivity index (χ3v) is 5.70. The van der Waals surface area contributed by atoms with Gasteiger partial charge in [0.05, 0.1) is 20.8 Å². The Morgan fingerprint density at radius 1 is 1.24 bits per heavy atom. The monoisotopic (exact) mass is 418 g/mol. The Kier molecular flexibility index (Phi) is 6.58. The van der Waals surface area contributed by atoms with E-state index in [1.54, 1.807) is 29.7 Å². The molecule has 2 heterocycles. The van der Waals surface area contributed by atoms with Crippen molar-refractivity contribution >= 4 is 41.0 Å². The van der Waals surface area contributed by atoms with E-state index in [9.17, 15) is 14.4 Å². The summed E-state index contributed by atoms with van der Waals surface area (Å²) in [6, 6.07) is 4.57. The predicted octanol–water partition coefficient (Wildman–Crippen LogP) is 2.49. The van der Waals surface area contributed by atoms with E-state index < -0.39 is 11.3 Å². The van der Waals surface area contributed by atoms with Crippen LogP contribution >= 0.6 is 11.8 Å². The molecule has 0 fully saturated rings. The van der Waals surface area contributed by atoms with Crippen LogP contribution < -0.4 is 14.8 Å². The molecule has 8 nitrogen and oxygen atoms in total. The molecule has 1 N–H and O–H groups in total. The molecule has 3 rings (SSSR count). The van der Waals surface area contributed by atoms with Gasteiger partial charge >= 0.3 is 11.9 Å². The van der Waals surface area contributed by atoms with Crippen LogP contribution in [0, 0.1) is 0 Å². The van der Waals surface area contributed by atoms with Crippen molar-refractivity contribution in [2.24, 2.45) is 0 Å². The molecule has 1 aromatic rings. The van der Waals surface area contributed by atoms with Crippen LogP contribution in [0.1, 0.15) is 19.8 Å². The second-order valence-electron chi connectivity index (χ2n) is 6.57. The standard InChI is InChI=1S/C20H23N3O5S/c1-4-5-9-22-19(25)18-14(8-10-29-18)23(20(22)26)12-17(24)21-13-6-7-15(27-2)16(11-13)28-3/h6-8,10-11,18H,4-5,9,12H2,1-3H3/p+1. The Morgan fingerprint density at radius 2 is 2.00 bits per heavy atom. The third kappa shape index (κ3) is 4.29. The number of amides is 4. The molecule has 1 aromatic carbocycles. The van der Waals surface area contributed by atoms with Gasteiger partial charge in [-0.2, -0.15) is 14.3 Å². The van der Waals surface area contributed by atoms with Crippen LogP contribution in [0.5, 0.6) is 11.5 Å². The van der Waals surface area contributed by atoms with Gasteiger partial charge < -0.3 is 14.8 Å². The van der Waals surface area contributed by atoms with E-state index in [1.807, 2.05) is 6.92 Å². The summed E-state index contributed by atoms with van der Waals surface area (Å²) in [5.74, 6) is 0.450. The number of thioether (sulfide) groups is 1. The number of hydrogen-bond donors (Lipinski definition) is 1. The molecule has 154 valence electrons. The van der Waals surface area contributed by atoms with E-state index in [4.69, 9.17) is 9.47 Å². The number of unbranched alkanes of at least 4 members (excludes halogenated alkanes) is 1. The first kappa shape index (κ1) is 20.9. The number of fused-ring (bicyclic) bond motifs is 1. The maximum atomic E-state index is 12.9. The average molecular weight is 418 g/mol. The van der Waals surface area contributed by atoms with Crippen molar-refractivity contribution in [3.05, 3.63) is 29.7 Å². The number of benzene rings is 1. The minimum atomic E-state index is -0.474. The lowest BCUT2D eigenvalue weighted by molar-refractivity contribution is -0.425. The summed E-state index contributed by atoms with van der Waals surface area (Å²) < 4.78 is 11.8. The maximum Gasteiger partial charge on any atom is 0.501 e. The molecule has 0 saturated carbocycles. The smallest absolute Gasteiger partial charge is 0.493 e. The number of methoxy groups -OCH3 is 2. The number of nitrogens with zero attached hydrogens (tertiary/aromatic N) is 2. The molecule has 29 heavy (non-hydrogen) atoms. The van der Waals surface area contributed by atoms with E-state index in [1.165, 1.54) is 35.5 Å². The van der Waals surface area contributed by atoms with Crippen LogP contribution in [0.4, 0.5) is 10.5 Å². The highest BCUT2D eigenvalue weighted by atomic mass is 32.2. The fourth-order valence-corrected chi connectivity index (χ4v) is 4.16. The molecule has 0 aromatic heterocycles. The van der Waals surface area contributed by atoms with Gasteiger partial charge in [-0.3, -0.25) is 4.79 Å². The van der Waals surface area contributed by atoms with E-state index in [-0.39, 0.29) is 18.4 Å². The number of urea groups is 1. The van der Waals surface area contributed by atoms with Crippen LogP contribution in [-0.4, -0.2) is 65.6 Å². The fourth-order valence-electron chi connectivity index (χ4n) is 3.19. The summed E-state index contributed by atoms with van der Waals surface area (Å²) in [6.07, 6.45) is 3.32. The first-order valence-corrected chi connectivity index (χ1v) is 10.3. The second kappa shape index (κ2) is 9.13. The van der Waals surface area contributed by atoms with E-state index in [0.717, 1.165) is 12.8 Å². The lowest BCUT2D eigenvalue weighted by Gasteiger charge is -2.24. The van der Waals surface area contributed by atoms with Crippen molar-refractivity contribution in [1.29, 1.82) is 0 Å². The lowest BCUT2D eigenvalue weighted by Crippen LogP contribution is -2.56. The molecular formula is C20H24N3O5S+. The number of ether oxygens (including phenoxy) is 2. The van der Waals surface area contributed by atoms with Crippen LogP contribution in [0.2, 0.25) is 0 Å². The number of anilines is 1. The molecule has 0 spiro atoms. The molecule has 9 heteroatoms. The predicted molar refractivity (Wildman–Crippen MR) is 111 cm³/mol. The molecule has 1 atom stereocenters. The number of carbonyl (C=O) groups excluding carboxylic acids is 3. The van der Waals surface area contributed by atoms with Crippen LogP contribution in [0.15, 0.2) is 29.7 Å². The van der Waals surface area contributed by atoms with Gasteiger partial charge in [0.2, 0.25) is 0 Å². The van der Waals surface area contributed by atoms with Gasteiger partial charge in [-0.05, 0) is 30.0 Å². The highest BCUT2D eigenvalue weighted by molar-refractivity contribution is 8.04. The zero-order chi connectivity index (χ0) is 21.0. The molecule has 0 bridgehead atoms. The van der Waals surface area contributed by atoms with Gasteiger partial charge in [-0.1, -0.05) is 13.3 Å². The molecule has 2 aliphatic heterocycles. The van der Waals surface area contributed by atoms with Crippen molar-refractivity contribution in [2.45, 2.75) is 25.0 Å². The summed E-state index contributed by atoms with van der Waals surface area (Å²) in [4.78, 5) is 39.5. The summed E-state index contributed by atoms with van der Waals surface area (Å²) in [5.41, 5.74) is 1.08. The van der Waals surface area contributed by atoms with Crippen molar-refractivity contribution in [1.82, 2.24) is 4.90 Å². The van der Waals surface area contributed by atoms with Gasteiger partial charge in [0.1, 0.15) is 5.71 Å². The van der Waals surface area contributed by atoms with Crippen LogP contribution in [-0.2, 0) is 9.59 Å². The number of nitrogens with one attached hydrogen (secondary N) is 1. The molecule has 0 radical (unpaired) electrons. The maximum absolute atomic E-state index is 12.9. The molecule has 0 aliphatic carbocycles. The Labute approximate surface area is 173 Å². The minimum absolute atomic E-state index is 0.181. The van der Waals surface area contributed by atoms with Crippen molar-refractivity contribution in [3.63, 3.8) is 0 Å². The number of rotatable bonds is 8. The number of imide groups is 1. The highest BCUT2D eigenvalue weighted by Crippen LogP contribution is 2.30. The number of carbonyl (C=O) groups is 3. The van der Waals surface area contributed by atoms with Gasteiger partial charge in [0.25, 0.3) is 5.91 Å². The van der Waals surface area contributed by atoms with Crippen LogP contribution in [0.3, 0.4) is 0 Å². The molecule has 4 amide bonds. The van der Waals surface area contributed by atoms with Gasteiger partial charge in [0.15, 0.2) is 23.3 Å². The Balaban J connectivity index is 1.79. The fraction of sp³-hybridized carbons (Fsp3) is 0.400. The summed E-state index contributed by atoms with van der Waals surface area (Å²) in [6.45, 7) is 2.17. The molecule has 1 unspecified atom stereocenters. The molecule has 2 aliphatic rings. The SMILES string of the molecule is CCCCN1C(=O)C2SC=CC2=[N+](CC(=O)Nc2ccc(OC)c(OC)c2)C1=O. The topological polar surface area (TPSA) is 88.0 Å². The quantitative estimate of drug-likeness (QED) is 0.653. The van der Waals surface area contributed by atoms with Crippen molar-refractivity contribution < 1.29 is 28.4 Å². The van der Waals surface area contributed by atoms with E-state index >= 15 is 0 Å². The van der Waals surface area contributed by atoms with Crippen molar-refractivity contribution in [2.75, 3.05) is 32.6 Å². The Bertz CT molecular complexity index is 896. The Hall–Kier alpha value is -2.81. The number of allylic oxidation sites excluding steroid dienone is 1. The minimum Gasteiger partial charge on any atom is -0.493 e. The second-order valence-corrected chi connectivity index (χ2v) is 7.59.